The Morgan fingerprint density at radius 3 is 2.68 bits per heavy atom. The molecule has 4 rings (SSSR count). The Kier molecular flexibility index (Phi) is 7.33. The lowest BCUT2D eigenvalue weighted by atomic mass is 10.1. The van der Waals surface area contributed by atoms with E-state index in [4.69, 9.17) is 13.9 Å². The Morgan fingerprint density at radius 1 is 1.19 bits per heavy atom. The molecule has 37 heavy (non-hydrogen) atoms. The molecule has 1 atom stereocenters. The van der Waals surface area contributed by atoms with Crippen LogP contribution in [-0.4, -0.2) is 45.2 Å². The molecule has 0 bridgehead atoms. The molecule has 1 unspecified atom stereocenters. The summed E-state index contributed by atoms with van der Waals surface area (Å²) in [4.78, 5) is 25.2. The lowest BCUT2D eigenvalue weighted by Crippen LogP contribution is -2.17. The third-order valence-electron chi connectivity index (χ3n) is 4.70. The van der Waals surface area contributed by atoms with Gasteiger partial charge in [-0.3, -0.25) is 4.79 Å². The van der Waals surface area contributed by atoms with Crippen LogP contribution < -0.4 is 10.1 Å². The van der Waals surface area contributed by atoms with Gasteiger partial charge in [0, 0.05) is 16.6 Å². The smallest absolute Gasteiger partial charge is 0.453 e. The molecular weight excluding hydrogens is 567 g/mol. The van der Waals surface area contributed by atoms with E-state index < -0.39 is 30.4 Å². The molecule has 194 valence electrons. The van der Waals surface area contributed by atoms with Gasteiger partial charge < -0.3 is 23.9 Å². The maximum absolute atomic E-state index is 12.7. The Labute approximate surface area is 214 Å². The fourth-order valence-corrected chi connectivity index (χ4v) is 3.55. The highest BCUT2D eigenvalue weighted by molar-refractivity contribution is 9.10. The summed E-state index contributed by atoms with van der Waals surface area (Å²) in [5.74, 6) is -0.591. The first-order valence-corrected chi connectivity index (χ1v) is 11.3. The van der Waals surface area contributed by atoms with E-state index in [2.05, 4.69) is 41.4 Å². The number of furan rings is 1. The van der Waals surface area contributed by atoms with Gasteiger partial charge in [0.05, 0.1) is 11.1 Å². The van der Waals surface area contributed by atoms with Crippen LogP contribution in [0.2, 0.25) is 0 Å². The maximum atomic E-state index is 12.7. The molecule has 0 fully saturated rings. The zero-order chi connectivity index (χ0) is 26.7. The number of anilines is 1. The first-order chi connectivity index (χ1) is 17.5. The normalized spacial score (nSPS) is 12.3. The number of alkyl halides is 3. The van der Waals surface area contributed by atoms with Gasteiger partial charge in [-0.1, -0.05) is 6.07 Å². The summed E-state index contributed by atoms with van der Waals surface area (Å²) in [6, 6.07) is 9.96. The van der Waals surface area contributed by atoms with Crippen molar-refractivity contribution in [2.45, 2.75) is 26.4 Å². The predicted molar refractivity (Wildman–Crippen MR) is 125 cm³/mol. The molecule has 15 heteroatoms. The van der Waals surface area contributed by atoms with Crippen molar-refractivity contribution in [3.8, 4) is 17.3 Å². The largest absolute Gasteiger partial charge is 0.573 e. The highest BCUT2D eigenvalue weighted by Crippen LogP contribution is 2.33. The molecule has 0 radical (unpaired) electrons. The van der Waals surface area contributed by atoms with Crippen molar-refractivity contribution in [1.82, 2.24) is 20.2 Å². The van der Waals surface area contributed by atoms with E-state index in [0.717, 1.165) is 10.9 Å². The van der Waals surface area contributed by atoms with E-state index >= 15 is 0 Å². The number of nitrogens with one attached hydrogen (secondary N) is 1. The second-order valence-corrected chi connectivity index (χ2v) is 8.20. The molecular formula is C22H17BrF3N5O6. The van der Waals surface area contributed by atoms with Gasteiger partial charge in [0.2, 0.25) is 12.1 Å². The number of benzene rings is 2. The molecule has 0 spiro atoms. The Hall–Kier alpha value is -4.14. The number of tetrazole rings is 1. The minimum atomic E-state index is -4.84. The van der Waals surface area contributed by atoms with Gasteiger partial charge >= 0.3 is 12.5 Å². The van der Waals surface area contributed by atoms with Crippen LogP contribution in [0.25, 0.3) is 22.6 Å². The maximum Gasteiger partial charge on any atom is 0.573 e. The van der Waals surface area contributed by atoms with Crippen molar-refractivity contribution in [3.63, 3.8) is 0 Å². The van der Waals surface area contributed by atoms with E-state index in [1.807, 2.05) is 0 Å². The van der Waals surface area contributed by atoms with Gasteiger partial charge in [0.15, 0.2) is 5.76 Å². The standard InChI is InChI=1S/C22H17BrF3N5O6/c1-3-34-21(33)35-11(2)31-29-19(28-30-31)18-8-12-4-5-13(9-17(12)36-18)20(32)27-14-6-7-16(15(23)10-14)37-22(24,25)26/h4-11H,3H2,1-2H3,(H,27,32). The number of rotatable bonds is 7. The van der Waals surface area contributed by atoms with Crippen LogP contribution in [0.1, 0.15) is 30.4 Å². The third-order valence-corrected chi connectivity index (χ3v) is 5.32. The highest BCUT2D eigenvalue weighted by Gasteiger charge is 2.32. The summed E-state index contributed by atoms with van der Waals surface area (Å²) in [5.41, 5.74) is 0.824. The molecule has 2 aromatic carbocycles. The van der Waals surface area contributed by atoms with Gasteiger partial charge in [-0.15, -0.1) is 28.2 Å². The lowest BCUT2D eigenvalue weighted by Gasteiger charge is -2.12. The minimum Gasteiger partial charge on any atom is -0.453 e. The van der Waals surface area contributed by atoms with Crippen molar-refractivity contribution >= 4 is 44.6 Å². The summed E-state index contributed by atoms with van der Waals surface area (Å²) in [7, 11) is 0. The van der Waals surface area contributed by atoms with E-state index in [-0.39, 0.29) is 33.9 Å². The molecule has 0 saturated heterocycles. The molecule has 1 amide bonds. The van der Waals surface area contributed by atoms with E-state index in [1.165, 1.54) is 25.1 Å². The Bertz CT molecular complexity index is 1450. The molecule has 4 aromatic rings. The van der Waals surface area contributed by atoms with E-state index in [0.29, 0.717) is 11.0 Å². The predicted octanol–water partition coefficient (Wildman–Crippen LogP) is 5.69. The number of carbonyl (C=O) groups is 2. The van der Waals surface area contributed by atoms with Gasteiger partial charge in [-0.25, -0.2) is 4.79 Å². The lowest BCUT2D eigenvalue weighted by molar-refractivity contribution is -0.274. The number of hydrogen-bond acceptors (Lipinski definition) is 9. The SMILES string of the molecule is CCOC(=O)OC(C)n1nnc(-c2cc3ccc(C(=O)Nc4ccc(OC(F)(F)F)c(Br)c4)cc3o2)n1. The second kappa shape index (κ2) is 10.5. The molecule has 2 aromatic heterocycles. The Morgan fingerprint density at radius 2 is 1.97 bits per heavy atom. The van der Waals surface area contributed by atoms with Crippen LogP contribution in [0.5, 0.6) is 5.75 Å². The molecule has 0 saturated carbocycles. The summed E-state index contributed by atoms with van der Waals surface area (Å²) < 4.78 is 56.7. The Balaban J connectivity index is 1.47. The molecule has 2 heterocycles. The quantitative estimate of drug-likeness (QED) is 0.272. The van der Waals surface area contributed by atoms with Crippen LogP contribution in [0.4, 0.5) is 23.7 Å². The topological polar surface area (TPSA) is 131 Å². The molecule has 0 aliphatic heterocycles. The summed E-state index contributed by atoms with van der Waals surface area (Å²) in [6.07, 6.45) is -6.60. The highest BCUT2D eigenvalue weighted by atomic mass is 79.9. The number of nitrogens with zero attached hydrogens (tertiary/aromatic N) is 4. The van der Waals surface area contributed by atoms with Gasteiger partial charge in [-0.2, -0.15) is 0 Å². The molecule has 0 aliphatic rings. The van der Waals surface area contributed by atoms with Crippen molar-refractivity contribution in [1.29, 1.82) is 0 Å². The van der Waals surface area contributed by atoms with Crippen molar-refractivity contribution in [3.05, 3.63) is 52.5 Å². The van der Waals surface area contributed by atoms with Crippen molar-refractivity contribution in [2.24, 2.45) is 0 Å². The average Bonchev–Trinajstić information content (AvgIpc) is 3.47. The van der Waals surface area contributed by atoms with Crippen molar-refractivity contribution in [2.75, 3.05) is 11.9 Å². The number of ether oxygens (including phenoxy) is 3. The van der Waals surface area contributed by atoms with Gasteiger partial charge in [0.1, 0.15) is 11.3 Å². The van der Waals surface area contributed by atoms with Crippen LogP contribution in [0.3, 0.4) is 0 Å². The van der Waals surface area contributed by atoms with E-state index in [1.54, 1.807) is 25.1 Å². The fraction of sp³-hybridized carbons (Fsp3) is 0.227. The zero-order valence-electron chi connectivity index (χ0n) is 19.1. The van der Waals surface area contributed by atoms with Crippen LogP contribution in [-0.2, 0) is 9.47 Å². The fourth-order valence-electron chi connectivity index (χ4n) is 3.09. The number of hydrogen-bond donors (Lipinski definition) is 1. The first-order valence-electron chi connectivity index (χ1n) is 10.6. The molecule has 0 aliphatic carbocycles. The first kappa shape index (κ1) is 25.9. The zero-order valence-corrected chi connectivity index (χ0v) is 20.7. The number of amides is 1. The monoisotopic (exact) mass is 583 g/mol. The number of halogens is 4. The molecule has 1 N–H and O–H groups in total. The molecule has 11 nitrogen and oxygen atoms in total. The van der Waals surface area contributed by atoms with Crippen molar-refractivity contribution < 1.29 is 41.4 Å². The van der Waals surface area contributed by atoms with Gasteiger partial charge in [0.25, 0.3) is 5.91 Å². The summed E-state index contributed by atoms with van der Waals surface area (Å²) in [5, 5.41) is 15.1. The number of fused-ring (bicyclic) bond motifs is 1. The second-order valence-electron chi connectivity index (χ2n) is 7.34. The van der Waals surface area contributed by atoms with Gasteiger partial charge in [-0.05, 0) is 71.4 Å². The minimum absolute atomic E-state index is 0.0104. The van der Waals surface area contributed by atoms with Crippen LogP contribution in [0.15, 0.2) is 51.4 Å². The van der Waals surface area contributed by atoms with E-state index in [9.17, 15) is 22.8 Å². The number of aromatic nitrogens is 4. The van der Waals surface area contributed by atoms with Crippen LogP contribution >= 0.6 is 15.9 Å². The summed E-state index contributed by atoms with van der Waals surface area (Å²) >= 11 is 2.99. The average molecular weight is 584 g/mol. The third kappa shape index (κ3) is 6.35. The van der Waals surface area contributed by atoms with Crippen LogP contribution in [0, 0.1) is 0 Å². The summed E-state index contributed by atoms with van der Waals surface area (Å²) in [6.45, 7) is 3.32. The number of carbonyl (C=O) groups excluding carboxylic acids is 2.